The van der Waals surface area contributed by atoms with Gasteiger partial charge < -0.3 is 20.3 Å². The number of amides is 1. The summed E-state index contributed by atoms with van der Waals surface area (Å²) in [5.74, 6) is 0.916. The van der Waals surface area contributed by atoms with Crippen LogP contribution in [0.5, 0.6) is 5.75 Å². The van der Waals surface area contributed by atoms with Crippen LogP contribution in [0, 0.1) is 11.8 Å². The second-order valence-electron chi connectivity index (χ2n) is 9.32. The summed E-state index contributed by atoms with van der Waals surface area (Å²) in [6.07, 6.45) is 7.32. The SMILES string of the molecule is C=C[C@H]1CN2CC[C@H]1C[C@H]2[C@H](O)c1ccnc2ccc(OC)cc12.O=C1CCCC(C(=O)O)N1. The Kier molecular flexibility index (Phi) is 7.48. The van der Waals surface area contributed by atoms with Gasteiger partial charge >= 0.3 is 5.97 Å². The number of hydrogen-bond donors (Lipinski definition) is 3. The predicted molar refractivity (Wildman–Crippen MR) is 128 cm³/mol. The lowest BCUT2D eigenvalue weighted by molar-refractivity contribution is -0.143. The number of nitrogens with one attached hydrogen (secondary N) is 1. The van der Waals surface area contributed by atoms with E-state index in [1.165, 1.54) is 6.42 Å². The lowest BCUT2D eigenvalue weighted by Gasteiger charge is -2.50. The minimum atomic E-state index is -0.937. The van der Waals surface area contributed by atoms with Crippen LogP contribution in [0.2, 0.25) is 0 Å². The van der Waals surface area contributed by atoms with Crippen molar-refractivity contribution in [3.63, 3.8) is 0 Å². The molecule has 182 valence electrons. The minimum absolute atomic E-state index is 0.154. The smallest absolute Gasteiger partial charge is 0.326 e. The molecule has 4 aliphatic rings. The van der Waals surface area contributed by atoms with E-state index in [-0.39, 0.29) is 11.9 Å². The third kappa shape index (κ3) is 5.08. The first-order valence-electron chi connectivity index (χ1n) is 11.9. The van der Waals surface area contributed by atoms with Gasteiger partial charge in [-0.2, -0.15) is 0 Å². The Morgan fingerprint density at radius 3 is 2.79 bits per heavy atom. The van der Waals surface area contributed by atoms with E-state index < -0.39 is 18.1 Å². The maximum Gasteiger partial charge on any atom is 0.326 e. The van der Waals surface area contributed by atoms with Crippen LogP contribution < -0.4 is 10.1 Å². The summed E-state index contributed by atoms with van der Waals surface area (Å²) in [5, 5.41) is 22.9. The molecule has 6 atom stereocenters. The molecule has 0 aliphatic carbocycles. The number of carbonyl (C=O) groups is 2. The molecule has 4 fully saturated rings. The van der Waals surface area contributed by atoms with Crippen molar-refractivity contribution in [3.8, 4) is 5.75 Å². The number of carboxylic acids is 1. The number of carboxylic acid groups (broad SMARTS) is 1. The molecular formula is C26H33N3O5. The lowest BCUT2D eigenvalue weighted by atomic mass is 9.73. The minimum Gasteiger partial charge on any atom is -0.497 e. The number of hydrogen-bond acceptors (Lipinski definition) is 6. The number of aromatic nitrogens is 1. The summed E-state index contributed by atoms with van der Waals surface area (Å²) < 4.78 is 5.35. The molecule has 0 spiro atoms. The average Bonchev–Trinajstić information content (AvgIpc) is 2.88. The van der Waals surface area contributed by atoms with Crippen LogP contribution in [0.4, 0.5) is 0 Å². The summed E-state index contributed by atoms with van der Waals surface area (Å²) >= 11 is 0. The van der Waals surface area contributed by atoms with Crippen molar-refractivity contribution < 1.29 is 24.5 Å². The molecule has 4 saturated heterocycles. The van der Waals surface area contributed by atoms with E-state index >= 15 is 0 Å². The number of methoxy groups -OCH3 is 1. The van der Waals surface area contributed by atoms with Crippen molar-refractivity contribution in [1.82, 2.24) is 15.2 Å². The molecule has 6 rings (SSSR count). The number of aliphatic carboxylic acids is 1. The highest BCUT2D eigenvalue weighted by atomic mass is 16.5. The molecule has 1 aromatic carbocycles. The van der Waals surface area contributed by atoms with E-state index in [1.54, 1.807) is 13.3 Å². The molecule has 34 heavy (non-hydrogen) atoms. The van der Waals surface area contributed by atoms with Crippen LogP contribution >= 0.6 is 0 Å². The largest absolute Gasteiger partial charge is 0.497 e. The van der Waals surface area contributed by atoms with E-state index in [4.69, 9.17) is 9.84 Å². The first kappa shape index (κ1) is 24.2. The van der Waals surface area contributed by atoms with Gasteiger partial charge in [-0.3, -0.25) is 14.7 Å². The Hall–Kier alpha value is -2.97. The summed E-state index contributed by atoms with van der Waals surface area (Å²) in [4.78, 5) is 27.7. The Labute approximate surface area is 199 Å². The molecule has 0 radical (unpaired) electrons. The van der Waals surface area contributed by atoms with E-state index in [2.05, 4.69) is 27.9 Å². The van der Waals surface area contributed by atoms with Crippen LogP contribution in [0.25, 0.3) is 10.9 Å². The quantitative estimate of drug-likeness (QED) is 0.580. The number of piperidine rings is 4. The van der Waals surface area contributed by atoms with E-state index in [0.29, 0.717) is 31.1 Å². The van der Waals surface area contributed by atoms with Crippen LogP contribution in [0.15, 0.2) is 43.1 Å². The predicted octanol–water partition coefficient (Wildman–Crippen LogP) is 2.91. The molecule has 1 amide bonds. The number of nitrogens with zero attached hydrogens (tertiary/aromatic N) is 2. The summed E-state index contributed by atoms with van der Waals surface area (Å²) in [6.45, 7) is 6.07. The molecule has 2 bridgehead atoms. The van der Waals surface area contributed by atoms with E-state index in [0.717, 1.165) is 41.7 Å². The van der Waals surface area contributed by atoms with Crippen LogP contribution in [0.1, 0.15) is 43.8 Å². The first-order valence-corrected chi connectivity index (χ1v) is 11.9. The molecule has 4 aliphatic heterocycles. The molecule has 5 heterocycles. The van der Waals surface area contributed by atoms with Gasteiger partial charge in [-0.25, -0.2) is 4.79 Å². The number of aliphatic hydroxyl groups excluding tert-OH is 1. The van der Waals surface area contributed by atoms with Crippen molar-refractivity contribution in [1.29, 1.82) is 0 Å². The number of benzene rings is 1. The van der Waals surface area contributed by atoms with Crippen molar-refractivity contribution in [2.75, 3.05) is 20.2 Å². The van der Waals surface area contributed by atoms with Crippen LogP contribution in [-0.4, -0.2) is 64.3 Å². The number of rotatable bonds is 5. The molecule has 1 aromatic heterocycles. The lowest BCUT2D eigenvalue weighted by Crippen LogP contribution is -2.54. The summed E-state index contributed by atoms with van der Waals surface area (Å²) in [6, 6.07) is 7.31. The highest BCUT2D eigenvalue weighted by Gasteiger charge is 2.42. The zero-order valence-corrected chi connectivity index (χ0v) is 19.5. The van der Waals surface area contributed by atoms with Gasteiger partial charge in [0.2, 0.25) is 5.91 Å². The van der Waals surface area contributed by atoms with Crippen molar-refractivity contribution in [2.45, 2.75) is 50.3 Å². The van der Waals surface area contributed by atoms with Gasteiger partial charge in [0.25, 0.3) is 0 Å². The average molecular weight is 468 g/mol. The van der Waals surface area contributed by atoms with Crippen LogP contribution in [0.3, 0.4) is 0 Å². The van der Waals surface area contributed by atoms with Gasteiger partial charge in [-0.05, 0) is 73.9 Å². The highest BCUT2D eigenvalue weighted by molar-refractivity contribution is 5.85. The molecular weight excluding hydrogens is 434 g/mol. The Balaban J connectivity index is 0.000000231. The molecule has 2 unspecified atom stereocenters. The van der Waals surface area contributed by atoms with E-state index in [1.807, 2.05) is 24.3 Å². The maximum absolute atomic E-state index is 11.2. The van der Waals surface area contributed by atoms with Crippen molar-refractivity contribution in [2.24, 2.45) is 11.8 Å². The van der Waals surface area contributed by atoms with E-state index in [9.17, 15) is 14.7 Å². The molecule has 3 N–H and O–H groups in total. The van der Waals surface area contributed by atoms with Gasteiger partial charge in [0.15, 0.2) is 0 Å². The molecule has 0 saturated carbocycles. The second-order valence-corrected chi connectivity index (χ2v) is 9.32. The van der Waals surface area contributed by atoms with Gasteiger partial charge in [-0.15, -0.1) is 6.58 Å². The van der Waals surface area contributed by atoms with Crippen molar-refractivity contribution in [3.05, 3.63) is 48.7 Å². The van der Waals surface area contributed by atoms with Gasteiger partial charge in [0.1, 0.15) is 11.8 Å². The number of fused-ring (bicyclic) bond motifs is 4. The standard InChI is InChI=1S/C20H24N2O2.C6H9NO3/c1-3-13-12-22-9-7-14(13)10-19(22)20(23)16-6-8-21-18-5-4-15(24-2)11-17(16)18;8-5-3-1-2-4(7-5)6(9)10/h3-6,8,11,13-14,19-20,23H,1,7,9-10,12H2,2H3;4H,1-3H2,(H,7,8)(H,9,10)/t13-,14-,19-,20+;/m0./s1. The molecule has 8 nitrogen and oxygen atoms in total. The van der Waals surface area contributed by atoms with Crippen molar-refractivity contribution >= 4 is 22.8 Å². The number of ether oxygens (including phenoxy) is 1. The zero-order chi connectivity index (χ0) is 24.2. The number of pyridine rings is 1. The third-order valence-corrected chi connectivity index (χ3v) is 7.35. The normalized spacial score (nSPS) is 28.9. The van der Waals surface area contributed by atoms with Gasteiger partial charge in [0.05, 0.1) is 18.7 Å². The topological polar surface area (TPSA) is 112 Å². The maximum atomic E-state index is 11.2. The van der Waals surface area contributed by atoms with Crippen LogP contribution in [-0.2, 0) is 9.59 Å². The Morgan fingerprint density at radius 2 is 2.18 bits per heavy atom. The molecule has 8 heteroatoms. The van der Waals surface area contributed by atoms with Gasteiger partial charge in [0, 0.05) is 30.6 Å². The Morgan fingerprint density at radius 1 is 1.35 bits per heavy atom. The Bertz CT molecular complexity index is 1060. The summed E-state index contributed by atoms with van der Waals surface area (Å²) in [7, 11) is 1.66. The fraction of sp³-hybridized carbons (Fsp3) is 0.500. The zero-order valence-electron chi connectivity index (χ0n) is 19.5. The summed E-state index contributed by atoms with van der Waals surface area (Å²) in [5.41, 5.74) is 1.85. The van der Waals surface area contributed by atoms with Gasteiger partial charge in [-0.1, -0.05) is 6.08 Å². The number of aliphatic hydroxyl groups is 1. The fourth-order valence-corrected chi connectivity index (χ4v) is 5.43. The highest BCUT2D eigenvalue weighted by Crippen LogP contribution is 2.42. The fourth-order valence-electron chi connectivity index (χ4n) is 5.43. The third-order valence-electron chi connectivity index (χ3n) is 7.35. The number of carbonyl (C=O) groups excluding carboxylic acids is 1. The monoisotopic (exact) mass is 467 g/mol. The first-order chi connectivity index (χ1) is 16.4. The molecule has 2 aromatic rings. The second kappa shape index (κ2) is 10.5.